The Kier molecular flexibility index (Phi) is 12.9. The van der Waals surface area contributed by atoms with E-state index in [4.69, 9.17) is 4.74 Å². The molecule has 0 spiro atoms. The average Bonchev–Trinajstić information content (AvgIpc) is 2.58. The first-order valence-electron chi connectivity index (χ1n) is 10.7. The zero-order valence-electron chi connectivity index (χ0n) is 16.3. The summed E-state index contributed by atoms with van der Waals surface area (Å²) in [6.45, 7) is 4.48. The van der Waals surface area contributed by atoms with Crippen LogP contribution in [0.4, 0.5) is 0 Å². The molecule has 0 aromatic rings. The van der Waals surface area contributed by atoms with Gasteiger partial charge in [0, 0.05) is 0 Å². The van der Waals surface area contributed by atoms with Gasteiger partial charge in [0.05, 0.1) is 5.57 Å². The Morgan fingerprint density at radius 1 is 0.750 bits per heavy atom. The van der Waals surface area contributed by atoms with E-state index in [1.165, 1.54) is 89.9 Å². The summed E-state index contributed by atoms with van der Waals surface area (Å²) in [5.41, 5.74) is 0.957. The molecular formula is C22H40O2. The average molecular weight is 337 g/mol. The molecule has 1 aliphatic heterocycles. The van der Waals surface area contributed by atoms with Crippen molar-refractivity contribution in [2.24, 2.45) is 0 Å². The summed E-state index contributed by atoms with van der Waals surface area (Å²) in [5.74, 6) is -0.0698. The molecule has 1 unspecified atom stereocenters. The number of ether oxygens (including phenoxy) is 1. The van der Waals surface area contributed by atoms with Crippen LogP contribution in [-0.4, -0.2) is 12.1 Å². The number of hydrogen-bond acceptors (Lipinski definition) is 2. The maximum atomic E-state index is 11.5. The quantitative estimate of drug-likeness (QED) is 0.170. The SMILES string of the molecule is CCCCCC=C1C(=O)OC1CCCCCCCCCCCCC. The highest BCUT2D eigenvalue weighted by Crippen LogP contribution is 2.27. The minimum Gasteiger partial charge on any atom is -0.454 e. The summed E-state index contributed by atoms with van der Waals surface area (Å²) in [7, 11) is 0. The molecule has 24 heavy (non-hydrogen) atoms. The minimum absolute atomic E-state index is 0.0698. The molecule has 0 aromatic heterocycles. The summed E-state index contributed by atoms with van der Waals surface area (Å²) in [6.07, 6.45) is 23.0. The molecule has 1 heterocycles. The van der Waals surface area contributed by atoms with Crippen LogP contribution in [0.5, 0.6) is 0 Å². The van der Waals surface area contributed by atoms with Crippen molar-refractivity contribution in [3.63, 3.8) is 0 Å². The standard InChI is InChI=1S/C22H40O2/c1-3-5-7-9-10-11-12-13-14-15-17-19-21-20(22(23)24-21)18-16-8-6-4-2/h18,21H,3-17,19H2,1-2H3. The third-order valence-electron chi connectivity index (χ3n) is 5.07. The lowest BCUT2D eigenvalue weighted by atomic mass is 9.96. The van der Waals surface area contributed by atoms with Crippen LogP contribution >= 0.6 is 0 Å². The molecule has 0 bridgehead atoms. The number of carbonyl (C=O) groups is 1. The fourth-order valence-corrected chi connectivity index (χ4v) is 3.41. The van der Waals surface area contributed by atoms with E-state index in [0.29, 0.717) is 0 Å². The normalized spacial score (nSPS) is 18.7. The Balaban J connectivity index is 1.92. The van der Waals surface area contributed by atoms with Crippen molar-refractivity contribution in [2.75, 3.05) is 0 Å². The van der Waals surface area contributed by atoms with Gasteiger partial charge in [0.15, 0.2) is 0 Å². The van der Waals surface area contributed by atoms with Crippen molar-refractivity contribution < 1.29 is 9.53 Å². The predicted octanol–water partition coefficient (Wildman–Crippen LogP) is 7.12. The smallest absolute Gasteiger partial charge is 0.338 e. The Hall–Kier alpha value is -0.790. The van der Waals surface area contributed by atoms with Crippen LogP contribution in [0, 0.1) is 0 Å². The van der Waals surface area contributed by atoms with E-state index >= 15 is 0 Å². The second kappa shape index (κ2) is 14.5. The molecular weight excluding hydrogens is 296 g/mol. The van der Waals surface area contributed by atoms with Crippen LogP contribution in [-0.2, 0) is 9.53 Å². The molecule has 1 fully saturated rings. The van der Waals surface area contributed by atoms with Crippen LogP contribution in [0.3, 0.4) is 0 Å². The molecule has 0 N–H and O–H groups in total. The molecule has 1 rings (SSSR count). The first-order valence-corrected chi connectivity index (χ1v) is 10.7. The van der Waals surface area contributed by atoms with Gasteiger partial charge in [-0.1, -0.05) is 97.0 Å². The van der Waals surface area contributed by atoms with Crippen LogP contribution in [0.25, 0.3) is 0 Å². The van der Waals surface area contributed by atoms with E-state index in [2.05, 4.69) is 19.9 Å². The first-order chi connectivity index (χ1) is 11.8. The number of esters is 1. The fraction of sp³-hybridized carbons (Fsp3) is 0.864. The van der Waals surface area contributed by atoms with Gasteiger partial charge in [0.25, 0.3) is 0 Å². The van der Waals surface area contributed by atoms with Crippen LogP contribution in [0.1, 0.15) is 117 Å². The summed E-state index contributed by atoms with van der Waals surface area (Å²) in [4.78, 5) is 11.5. The lowest BCUT2D eigenvalue weighted by Gasteiger charge is -2.29. The van der Waals surface area contributed by atoms with E-state index in [1.807, 2.05) is 0 Å². The maximum Gasteiger partial charge on any atom is 0.338 e. The van der Waals surface area contributed by atoms with Gasteiger partial charge in [-0.05, 0) is 25.7 Å². The molecule has 2 heteroatoms. The van der Waals surface area contributed by atoms with E-state index in [-0.39, 0.29) is 12.1 Å². The molecule has 0 saturated carbocycles. The molecule has 140 valence electrons. The van der Waals surface area contributed by atoms with Gasteiger partial charge in [-0.15, -0.1) is 0 Å². The second-order valence-electron chi connectivity index (χ2n) is 7.37. The second-order valence-corrected chi connectivity index (χ2v) is 7.37. The zero-order valence-corrected chi connectivity index (χ0v) is 16.3. The van der Waals surface area contributed by atoms with Gasteiger partial charge in [-0.3, -0.25) is 0 Å². The highest BCUT2D eigenvalue weighted by molar-refractivity contribution is 5.95. The van der Waals surface area contributed by atoms with Gasteiger partial charge >= 0.3 is 5.97 Å². The van der Waals surface area contributed by atoms with Crippen molar-refractivity contribution >= 4 is 5.97 Å². The zero-order chi connectivity index (χ0) is 17.5. The molecule has 0 aliphatic carbocycles. The Morgan fingerprint density at radius 2 is 1.25 bits per heavy atom. The van der Waals surface area contributed by atoms with Gasteiger partial charge in [0.1, 0.15) is 6.10 Å². The van der Waals surface area contributed by atoms with E-state index < -0.39 is 0 Å². The number of rotatable bonds is 16. The Labute approximate surface area is 150 Å². The topological polar surface area (TPSA) is 26.3 Å². The van der Waals surface area contributed by atoms with Crippen LogP contribution in [0.15, 0.2) is 11.6 Å². The number of hydrogen-bond donors (Lipinski definition) is 0. The number of cyclic esters (lactones) is 1. The molecule has 0 amide bonds. The highest BCUT2D eigenvalue weighted by atomic mass is 16.6. The fourth-order valence-electron chi connectivity index (χ4n) is 3.41. The molecule has 2 nitrogen and oxygen atoms in total. The third-order valence-corrected chi connectivity index (χ3v) is 5.07. The van der Waals surface area contributed by atoms with Crippen molar-refractivity contribution in [1.82, 2.24) is 0 Å². The van der Waals surface area contributed by atoms with Crippen molar-refractivity contribution in [2.45, 2.75) is 123 Å². The third kappa shape index (κ3) is 9.49. The van der Waals surface area contributed by atoms with Gasteiger partial charge in [-0.25, -0.2) is 4.79 Å². The predicted molar refractivity (Wildman–Crippen MR) is 103 cm³/mol. The number of unbranched alkanes of at least 4 members (excludes halogenated alkanes) is 13. The molecule has 1 saturated heterocycles. The summed E-state index contributed by atoms with van der Waals surface area (Å²) >= 11 is 0. The number of carbonyl (C=O) groups excluding carboxylic acids is 1. The molecule has 1 aliphatic rings. The van der Waals surface area contributed by atoms with Gasteiger partial charge in [0.2, 0.25) is 0 Å². The molecule has 1 atom stereocenters. The van der Waals surface area contributed by atoms with E-state index in [9.17, 15) is 4.79 Å². The van der Waals surface area contributed by atoms with Crippen molar-refractivity contribution in [1.29, 1.82) is 0 Å². The van der Waals surface area contributed by atoms with E-state index in [1.54, 1.807) is 0 Å². The summed E-state index contributed by atoms with van der Waals surface area (Å²) < 4.78 is 5.29. The minimum atomic E-state index is -0.0698. The number of allylic oxidation sites excluding steroid dienone is 1. The van der Waals surface area contributed by atoms with Gasteiger partial charge < -0.3 is 4.74 Å². The lowest BCUT2D eigenvalue weighted by molar-refractivity contribution is -0.156. The Bertz CT molecular complexity index is 346. The van der Waals surface area contributed by atoms with Crippen LogP contribution in [0.2, 0.25) is 0 Å². The van der Waals surface area contributed by atoms with Crippen LogP contribution < -0.4 is 0 Å². The summed E-state index contributed by atoms with van der Waals surface area (Å²) in [6, 6.07) is 0. The maximum absolute atomic E-state index is 11.5. The first kappa shape index (κ1) is 21.3. The van der Waals surface area contributed by atoms with Gasteiger partial charge in [-0.2, -0.15) is 0 Å². The molecule has 0 aromatic carbocycles. The van der Waals surface area contributed by atoms with Crippen molar-refractivity contribution in [3.05, 3.63) is 11.6 Å². The van der Waals surface area contributed by atoms with Crippen molar-refractivity contribution in [3.8, 4) is 0 Å². The Morgan fingerprint density at radius 3 is 1.79 bits per heavy atom. The highest BCUT2D eigenvalue weighted by Gasteiger charge is 2.34. The van der Waals surface area contributed by atoms with E-state index in [0.717, 1.165) is 18.4 Å². The monoisotopic (exact) mass is 336 g/mol. The summed E-state index contributed by atoms with van der Waals surface area (Å²) in [5, 5.41) is 0. The lowest BCUT2D eigenvalue weighted by Crippen LogP contribution is -2.36. The largest absolute Gasteiger partial charge is 0.454 e. The molecule has 0 radical (unpaired) electrons.